The van der Waals surface area contributed by atoms with Crippen LogP contribution < -0.4 is 5.73 Å². The molecule has 3 N–H and O–H groups in total. The molecule has 1 aromatic carbocycles. The third-order valence-electron chi connectivity index (χ3n) is 1.49. The Bertz CT molecular complexity index is 251. The van der Waals surface area contributed by atoms with Crippen LogP contribution in [-0.2, 0) is 6.42 Å². The quantitative estimate of drug-likeness (QED) is 0.497. The molecule has 0 radical (unpaired) electrons. The van der Waals surface area contributed by atoms with E-state index < -0.39 is 0 Å². The number of hydrogen-bond acceptors (Lipinski definition) is 1. The van der Waals surface area contributed by atoms with E-state index in [1.165, 1.54) is 5.56 Å². The summed E-state index contributed by atoms with van der Waals surface area (Å²) in [7, 11) is 0. The van der Waals surface area contributed by atoms with E-state index in [9.17, 15) is 0 Å². The van der Waals surface area contributed by atoms with E-state index in [1.54, 1.807) is 0 Å². The summed E-state index contributed by atoms with van der Waals surface area (Å²) >= 11 is 0.190. The van der Waals surface area contributed by atoms with Crippen LogP contribution in [0.3, 0.4) is 0 Å². The topological polar surface area (TPSA) is 49.9 Å². The Morgan fingerprint density at radius 1 is 1.31 bits per heavy atom. The number of aryl methyl sites for hydroxylation is 1. The van der Waals surface area contributed by atoms with Crippen LogP contribution in [0.1, 0.15) is 5.56 Å². The van der Waals surface area contributed by atoms with Crippen LogP contribution in [0.5, 0.6) is 0 Å². The van der Waals surface area contributed by atoms with E-state index in [0.717, 1.165) is 11.7 Å². The van der Waals surface area contributed by atoms with Gasteiger partial charge in [-0.15, -0.1) is 17.0 Å². The summed E-state index contributed by atoms with van der Waals surface area (Å²) in [5, 5.41) is 8.10. The summed E-state index contributed by atoms with van der Waals surface area (Å²) in [6, 6.07) is 10.3. The second kappa shape index (κ2) is 7.13. The van der Waals surface area contributed by atoms with E-state index in [2.05, 4.69) is 12.1 Å². The number of nitrogens with one attached hydrogen (secondary N) is 1. The number of benzene rings is 1. The van der Waals surface area contributed by atoms with Gasteiger partial charge in [-0.2, -0.15) is 0 Å². The second-order valence-corrected chi connectivity index (χ2v) is 4.83. The van der Waals surface area contributed by atoms with Crippen molar-refractivity contribution in [3.8, 4) is 0 Å². The zero-order chi connectivity index (χ0) is 8.81. The molecule has 0 aliphatic rings. The zero-order valence-electron chi connectivity index (χ0n) is 7.19. The molecule has 2 nitrogen and oxygen atoms in total. The van der Waals surface area contributed by atoms with Gasteiger partial charge in [0.1, 0.15) is 0 Å². The molecule has 0 heterocycles. The molecule has 0 aromatic heterocycles. The summed E-state index contributed by atoms with van der Waals surface area (Å²) in [6.45, 7) is 0. The summed E-state index contributed by atoms with van der Waals surface area (Å²) in [5.74, 6) is 0. The van der Waals surface area contributed by atoms with Crippen molar-refractivity contribution in [1.29, 1.82) is 5.41 Å². The predicted molar refractivity (Wildman–Crippen MR) is 62.9 cm³/mol. The van der Waals surface area contributed by atoms with Gasteiger partial charge in [-0.05, 0) is 0 Å². The van der Waals surface area contributed by atoms with Gasteiger partial charge in [0, 0.05) is 0 Å². The van der Waals surface area contributed by atoms with E-state index >= 15 is 0 Å². The molecular formula is C9H13BrN2Se. The molecule has 0 aliphatic carbocycles. The van der Waals surface area contributed by atoms with Gasteiger partial charge in [0.2, 0.25) is 0 Å². The van der Waals surface area contributed by atoms with Crippen molar-refractivity contribution < 1.29 is 0 Å². The average Bonchev–Trinajstić information content (AvgIpc) is 2.05. The zero-order valence-corrected chi connectivity index (χ0v) is 10.6. The molecular weight excluding hydrogens is 295 g/mol. The minimum atomic E-state index is 0. The molecule has 0 spiro atoms. The number of rotatable bonds is 4. The monoisotopic (exact) mass is 308 g/mol. The van der Waals surface area contributed by atoms with E-state index in [0.29, 0.717) is 4.73 Å². The number of hydrogen-bond donors (Lipinski definition) is 2. The van der Waals surface area contributed by atoms with Crippen molar-refractivity contribution >= 4 is 36.7 Å². The molecule has 0 aliphatic heterocycles. The van der Waals surface area contributed by atoms with Crippen molar-refractivity contribution in [2.24, 2.45) is 5.73 Å². The van der Waals surface area contributed by atoms with Crippen molar-refractivity contribution in [3.05, 3.63) is 35.9 Å². The van der Waals surface area contributed by atoms with Gasteiger partial charge in [-0.25, -0.2) is 0 Å². The van der Waals surface area contributed by atoms with Crippen LogP contribution in [0, 0.1) is 5.41 Å². The summed E-state index contributed by atoms with van der Waals surface area (Å²) < 4.78 is 0.346. The first-order valence-corrected chi connectivity index (χ1v) is 5.86. The molecule has 0 fully saturated rings. The minimum absolute atomic E-state index is 0. The second-order valence-electron chi connectivity index (χ2n) is 2.45. The Morgan fingerprint density at radius 2 is 1.92 bits per heavy atom. The SMILES string of the molecule is Br.N=C(N)[Se]CCc1ccccc1. The molecule has 1 rings (SSSR count). The van der Waals surface area contributed by atoms with Crippen LogP contribution in [0.15, 0.2) is 30.3 Å². The first-order valence-electron chi connectivity index (χ1n) is 3.80. The summed E-state index contributed by atoms with van der Waals surface area (Å²) in [5.41, 5.74) is 6.60. The standard InChI is InChI=1S/C9H12N2Se.BrH/c10-9(11)12-7-6-8-4-2-1-3-5-8;/h1-5H,6-7H2,(H3,10,11);1H. The average molecular weight is 308 g/mol. The molecule has 0 atom stereocenters. The molecule has 0 unspecified atom stereocenters. The summed E-state index contributed by atoms with van der Waals surface area (Å²) in [6.07, 6.45) is 1.04. The fourth-order valence-corrected chi connectivity index (χ4v) is 2.09. The molecule has 72 valence electrons. The molecule has 0 amide bonds. The van der Waals surface area contributed by atoms with E-state index in [-0.39, 0.29) is 31.9 Å². The van der Waals surface area contributed by atoms with Crippen molar-refractivity contribution in [2.45, 2.75) is 11.7 Å². The Labute approximate surface area is 95.3 Å². The van der Waals surface area contributed by atoms with E-state index in [1.807, 2.05) is 18.2 Å². The first-order chi connectivity index (χ1) is 5.79. The Morgan fingerprint density at radius 3 is 2.46 bits per heavy atom. The van der Waals surface area contributed by atoms with Crippen molar-refractivity contribution in [3.63, 3.8) is 0 Å². The van der Waals surface area contributed by atoms with Gasteiger partial charge in [0.05, 0.1) is 0 Å². The van der Waals surface area contributed by atoms with Gasteiger partial charge in [0.25, 0.3) is 0 Å². The number of amidine groups is 1. The molecule has 0 saturated heterocycles. The molecule has 1 aromatic rings. The fraction of sp³-hybridized carbons (Fsp3) is 0.222. The van der Waals surface area contributed by atoms with Crippen molar-refractivity contribution in [2.75, 3.05) is 0 Å². The number of nitrogens with two attached hydrogens (primary N) is 1. The van der Waals surface area contributed by atoms with Gasteiger partial charge < -0.3 is 0 Å². The van der Waals surface area contributed by atoms with Crippen LogP contribution >= 0.6 is 17.0 Å². The van der Waals surface area contributed by atoms with Crippen LogP contribution in [-0.4, -0.2) is 19.7 Å². The van der Waals surface area contributed by atoms with Gasteiger partial charge >= 0.3 is 78.5 Å². The van der Waals surface area contributed by atoms with E-state index in [4.69, 9.17) is 11.1 Å². The maximum absolute atomic E-state index is 7.07. The molecule has 0 bridgehead atoms. The van der Waals surface area contributed by atoms with Gasteiger partial charge in [0.15, 0.2) is 0 Å². The molecule has 4 heteroatoms. The van der Waals surface area contributed by atoms with Gasteiger partial charge in [-0.3, -0.25) is 0 Å². The van der Waals surface area contributed by atoms with Crippen LogP contribution in [0.2, 0.25) is 5.32 Å². The fourth-order valence-electron chi connectivity index (χ4n) is 0.924. The third kappa shape index (κ3) is 5.86. The predicted octanol–water partition coefficient (Wildman–Crippen LogP) is 1.82. The molecule has 13 heavy (non-hydrogen) atoms. The normalized spacial score (nSPS) is 8.92. The van der Waals surface area contributed by atoms with Crippen LogP contribution in [0.25, 0.3) is 0 Å². The Hall–Kier alpha value is -0.311. The Kier molecular flexibility index (Phi) is 6.96. The Balaban J connectivity index is 0.00000144. The summed E-state index contributed by atoms with van der Waals surface area (Å²) in [4.78, 5) is 0. The number of halogens is 1. The maximum atomic E-state index is 7.07. The first kappa shape index (κ1) is 12.7. The van der Waals surface area contributed by atoms with Crippen molar-refractivity contribution in [1.82, 2.24) is 0 Å². The van der Waals surface area contributed by atoms with Crippen LogP contribution in [0.4, 0.5) is 0 Å². The van der Waals surface area contributed by atoms with Gasteiger partial charge in [-0.1, -0.05) is 0 Å². The third-order valence-corrected chi connectivity index (χ3v) is 3.00. The molecule has 0 saturated carbocycles.